The number of ketones is 1. The third-order valence-corrected chi connectivity index (χ3v) is 7.47. The zero-order chi connectivity index (χ0) is 25.1. The highest BCUT2D eigenvalue weighted by molar-refractivity contribution is 7.91. The molecule has 0 unspecified atom stereocenters. The number of carbonyl (C=O) groups is 1. The van der Waals surface area contributed by atoms with Crippen molar-refractivity contribution in [1.82, 2.24) is 0 Å². The molecule has 4 nitrogen and oxygen atoms in total. The molecule has 3 aromatic rings. The van der Waals surface area contributed by atoms with Crippen molar-refractivity contribution in [2.75, 3.05) is 5.75 Å². The first-order chi connectivity index (χ1) is 15.9. The normalized spacial score (nSPS) is 11.9. The highest BCUT2D eigenvalue weighted by Gasteiger charge is 2.27. The second-order valence-electron chi connectivity index (χ2n) is 8.44. The molecule has 0 fully saturated rings. The second-order valence-corrected chi connectivity index (χ2v) is 11.1. The summed E-state index contributed by atoms with van der Waals surface area (Å²) in [5, 5.41) is 0.174. The number of halogens is 3. The number of hydrogen-bond donors (Lipinski definition) is 0. The number of benzene rings is 3. The number of carbonyl (C=O) groups excluding carboxylic acids is 1. The van der Waals surface area contributed by atoms with Crippen LogP contribution in [0.5, 0.6) is 5.75 Å². The Hall–Kier alpha value is -2.77. The van der Waals surface area contributed by atoms with Gasteiger partial charge in [0.05, 0.1) is 15.7 Å². The molecule has 0 heterocycles. The fourth-order valence-electron chi connectivity index (χ4n) is 3.54. The highest BCUT2D eigenvalue weighted by Crippen LogP contribution is 2.34. The average molecular weight is 507 g/mol. The number of Topliss-reactive ketones (excluding diaryl/α,β-unsaturated/α-hetero) is 1. The topological polar surface area (TPSA) is 60.4 Å². The van der Waals surface area contributed by atoms with Crippen LogP contribution >= 0.6 is 11.6 Å². The Morgan fingerprint density at radius 1 is 0.941 bits per heavy atom. The maximum atomic E-state index is 14.7. The molecular weight excluding hydrogens is 482 g/mol. The zero-order valence-corrected chi connectivity index (χ0v) is 20.6. The van der Waals surface area contributed by atoms with Gasteiger partial charge in [-0.25, -0.2) is 17.2 Å². The first-order valence-corrected chi connectivity index (χ1v) is 12.7. The lowest BCUT2D eigenvalue weighted by atomic mass is 9.97. The van der Waals surface area contributed by atoms with Crippen molar-refractivity contribution in [3.8, 4) is 5.75 Å². The summed E-state index contributed by atoms with van der Waals surface area (Å²) in [6, 6.07) is 14.4. The van der Waals surface area contributed by atoms with Gasteiger partial charge >= 0.3 is 0 Å². The van der Waals surface area contributed by atoms with E-state index in [1.54, 1.807) is 39.0 Å². The molecule has 0 amide bonds. The SMILES string of the molecule is CCS(=O)(=O)c1ccc(CC(=O)Cc2ccc(OC(C)(C)c3ccc(F)cc3Cl)c(F)c2)cc1. The van der Waals surface area contributed by atoms with Crippen LogP contribution in [0.15, 0.2) is 65.6 Å². The van der Waals surface area contributed by atoms with E-state index in [1.807, 2.05) is 0 Å². The minimum atomic E-state index is -3.30. The van der Waals surface area contributed by atoms with Crippen LogP contribution in [0.25, 0.3) is 0 Å². The molecule has 0 radical (unpaired) electrons. The fraction of sp³-hybridized carbons (Fsp3) is 0.269. The van der Waals surface area contributed by atoms with Gasteiger partial charge in [0.1, 0.15) is 17.2 Å². The van der Waals surface area contributed by atoms with Gasteiger partial charge in [0, 0.05) is 18.4 Å². The monoisotopic (exact) mass is 506 g/mol. The minimum Gasteiger partial charge on any atom is -0.480 e. The maximum Gasteiger partial charge on any atom is 0.178 e. The number of sulfone groups is 1. The van der Waals surface area contributed by atoms with Crippen molar-refractivity contribution in [2.24, 2.45) is 0 Å². The van der Waals surface area contributed by atoms with Gasteiger partial charge in [-0.3, -0.25) is 4.79 Å². The van der Waals surface area contributed by atoms with Crippen LogP contribution in [0.2, 0.25) is 5.02 Å². The van der Waals surface area contributed by atoms with Crippen molar-refractivity contribution in [1.29, 1.82) is 0 Å². The molecule has 3 rings (SSSR count). The van der Waals surface area contributed by atoms with E-state index in [0.29, 0.717) is 16.7 Å². The summed E-state index contributed by atoms with van der Waals surface area (Å²) in [5.74, 6) is -1.27. The molecule has 0 aliphatic rings. The minimum absolute atomic E-state index is 0.00463. The lowest BCUT2D eigenvalue weighted by Crippen LogP contribution is -2.26. The maximum absolute atomic E-state index is 14.7. The summed E-state index contributed by atoms with van der Waals surface area (Å²) < 4.78 is 57.7. The Balaban J connectivity index is 1.67. The van der Waals surface area contributed by atoms with Crippen LogP contribution in [0.3, 0.4) is 0 Å². The van der Waals surface area contributed by atoms with Gasteiger partial charge in [-0.05, 0) is 61.4 Å². The van der Waals surface area contributed by atoms with Crippen LogP contribution in [-0.2, 0) is 33.1 Å². The first kappa shape index (κ1) is 25.8. The Kier molecular flexibility index (Phi) is 7.78. The molecule has 0 aliphatic carbocycles. The largest absolute Gasteiger partial charge is 0.480 e. The molecule has 0 atom stereocenters. The summed E-state index contributed by atoms with van der Waals surface area (Å²) in [6.45, 7) is 4.96. The van der Waals surface area contributed by atoms with Crippen molar-refractivity contribution in [2.45, 2.75) is 44.1 Å². The standard InChI is InChI=1S/C26H25ClF2O4S/c1-4-34(31,32)21-9-5-17(6-10-21)13-20(30)14-18-7-12-25(24(29)15-18)33-26(2,3)22-11-8-19(28)16-23(22)27/h5-12,15-16H,4,13-14H2,1-3H3. The van der Waals surface area contributed by atoms with Gasteiger partial charge in [0.15, 0.2) is 21.4 Å². The van der Waals surface area contributed by atoms with Gasteiger partial charge in [0.2, 0.25) is 0 Å². The fourth-order valence-corrected chi connectivity index (χ4v) is 4.82. The van der Waals surface area contributed by atoms with Gasteiger partial charge < -0.3 is 4.74 Å². The smallest absolute Gasteiger partial charge is 0.178 e. The van der Waals surface area contributed by atoms with Crippen molar-refractivity contribution in [3.63, 3.8) is 0 Å². The summed E-state index contributed by atoms with van der Waals surface area (Å²) in [7, 11) is -3.30. The van der Waals surface area contributed by atoms with Crippen molar-refractivity contribution < 1.29 is 26.7 Å². The number of rotatable bonds is 9. The van der Waals surface area contributed by atoms with E-state index in [9.17, 15) is 22.0 Å². The molecule has 0 aliphatic heterocycles. The lowest BCUT2D eigenvalue weighted by molar-refractivity contribution is -0.117. The van der Waals surface area contributed by atoms with Crippen LogP contribution in [0, 0.1) is 11.6 Å². The summed E-state index contributed by atoms with van der Waals surface area (Å²) >= 11 is 6.13. The Morgan fingerprint density at radius 3 is 2.15 bits per heavy atom. The number of ether oxygens (including phenoxy) is 1. The summed E-state index contributed by atoms with van der Waals surface area (Å²) in [5.41, 5.74) is 0.642. The van der Waals surface area contributed by atoms with Gasteiger partial charge in [-0.2, -0.15) is 0 Å². The van der Waals surface area contributed by atoms with E-state index >= 15 is 0 Å². The van der Waals surface area contributed by atoms with E-state index < -0.39 is 27.1 Å². The van der Waals surface area contributed by atoms with Crippen molar-refractivity contribution >= 4 is 27.2 Å². The third-order valence-electron chi connectivity index (χ3n) is 5.41. The molecule has 0 saturated heterocycles. The van der Waals surface area contributed by atoms with Gasteiger partial charge in [0.25, 0.3) is 0 Å². The Labute approximate surface area is 203 Å². The predicted molar refractivity (Wildman–Crippen MR) is 128 cm³/mol. The van der Waals surface area contributed by atoms with Crippen LogP contribution < -0.4 is 4.74 Å². The molecule has 0 spiro atoms. The summed E-state index contributed by atoms with van der Waals surface area (Å²) in [4.78, 5) is 12.7. The van der Waals surface area contributed by atoms with E-state index in [1.165, 1.54) is 42.5 Å². The molecule has 0 bridgehead atoms. The second kappa shape index (κ2) is 10.2. The lowest BCUT2D eigenvalue weighted by Gasteiger charge is -2.28. The van der Waals surface area contributed by atoms with Gasteiger partial charge in [-0.15, -0.1) is 0 Å². The van der Waals surface area contributed by atoms with E-state index in [0.717, 1.165) is 0 Å². The quantitative estimate of drug-likeness (QED) is 0.353. The highest BCUT2D eigenvalue weighted by atomic mass is 35.5. The molecule has 34 heavy (non-hydrogen) atoms. The van der Waals surface area contributed by atoms with Crippen LogP contribution in [0.4, 0.5) is 8.78 Å². The number of hydrogen-bond acceptors (Lipinski definition) is 4. The zero-order valence-electron chi connectivity index (χ0n) is 19.1. The van der Waals surface area contributed by atoms with Gasteiger partial charge in [-0.1, -0.05) is 42.8 Å². The van der Waals surface area contributed by atoms with Crippen LogP contribution in [0.1, 0.15) is 37.5 Å². The molecular formula is C26H25ClF2O4S. The summed E-state index contributed by atoms with van der Waals surface area (Å²) in [6.07, 6.45) is 0.113. The Bertz CT molecular complexity index is 1300. The molecule has 0 aromatic heterocycles. The van der Waals surface area contributed by atoms with E-state index in [4.69, 9.17) is 16.3 Å². The van der Waals surface area contributed by atoms with Crippen LogP contribution in [-0.4, -0.2) is 20.0 Å². The Morgan fingerprint density at radius 2 is 1.56 bits per heavy atom. The molecule has 8 heteroatoms. The molecule has 3 aromatic carbocycles. The first-order valence-electron chi connectivity index (χ1n) is 10.7. The van der Waals surface area contributed by atoms with Crippen molar-refractivity contribution in [3.05, 3.63) is 94.0 Å². The molecule has 0 N–H and O–H groups in total. The third kappa shape index (κ3) is 6.21. The van der Waals surface area contributed by atoms with E-state index in [-0.39, 0.29) is 40.0 Å². The molecule has 180 valence electrons. The average Bonchev–Trinajstić information content (AvgIpc) is 2.75. The predicted octanol–water partition coefficient (Wildman–Crippen LogP) is 6.08. The van der Waals surface area contributed by atoms with E-state index in [2.05, 4.69) is 0 Å². The molecule has 0 saturated carbocycles.